The van der Waals surface area contributed by atoms with Crippen LogP contribution < -0.4 is 4.74 Å². The lowest BCUT2D eigenvalue weighted by atomic mass is 9.83. The molecule has 2 heteroatoms. The van der Waals surface area contributed by atoms with Gasteiger partial charge in [0.25, 0.3) is 0 Å². The van der Waals surface area contributed by atoms with Gasteiger partial charge in [0.2, 0.25) is 0 Å². The zero-order chi connectivity index (χ0) is 10.3. The van der Waals surface area contributed by atoms with Crippen LogP contribution in [0.2, 0.25) is 0 Å². The van der Waals surface area contributed by atoms with E-state index in [2.05, 4.69) is 0 Å². The Bertz CT molecular complexity index is 380. The Kier molecular flexibility index (Phi) is 1.88. The second kappa shape index (κ2) is 2.84. The van der Waals surface area contributed by atoms with Crippen molar-refractivity contribution in [3.05, 3.63) is 29.8 Å². The topological polar surface area (TPSA) is 26.3 Å². The molecule has 1 aliphatic rings. The lowest BCUT2D eigenvalue weighted by Gasteiger charge is -2.36. The molecule has 14 heavy (non-hydrogen) atoms. The minimum atomic E-state index is -0.397. The fraction of sp³-hybridized carbons (Fsp3) is 0.417. The van der Waals surface area contributed by atoms with Gasteiger partial charge in [-0.1, -0.05) is 19.1 Å². The molecule has 0 fully saturated rings. The van der Waals surface area contributed by atoms with Gasteiger partial charge in [-0.15, -0.1) is 0 Å². The van der Waals surface area contributed by atoms with Crippen LogP contribution in [0.3, 0.4) is 0 Å². The van der Waals surface area contributed by atoms with Crippen LogP contribution in [0.5, 0.6) is 5.75 Å². The molecule has 2 rings (SSSR count). The molecule has 0 aromatic heterocycles. The molecule has 1 aromatic carbocycles. The Labute approximate surface area is 83.9 Å². The Morgan fingerprint density at radius 1 is 1.29 bits per heavy atom. The summed E-state index contributed by atoms with van der Waals surface area (Å²) < 4.78 is 5.78. The molecule has 74 valence electrons. The molecule has 0 saturated carbocycles. The minimum absolute atomic E-state index is 0.0857. The normalized spacial score (nSPS) is 23.9. The van der Waals surface area contributed by atoms with Crippen LogP contribution in [-0.2, 0) is 0 Å². The maximum absolute atomic E-state index is 12.0. The number of para-hydroxylation sites is 1. The summed E-state index contributed by atoms with van der Waals surface area (Å²) >= 11 is 0. The molecule has 1 atom stereocenters. The summed E-state index contributed by atoms with van der Waals surface area (Å²) in [7, 11) is 0. The summed E-state index contributed by atoms with van der Waals surface area (Å²) in [5.74, 6) is 0.801. The molecule has 0 aliphatic carbocycles. The SMILES string of the molecule is CC1C(=O)c2ccccc2OC1(C)C. The van der Waals surface area contributed by atoms with Crippen molar-refractivity contribution in [1.29, 1.82) is 0 Å². The Hall–Kier alpha value is -1.31. The van der Waals surface area contributed by atoms with Crippen molar-refractivity contribution in [1.82, 2.24) is 0 Å². The quantitative estimate of drug-likeness (QED) is 0.628. The fourth-order valence-electron chi connectivity index (χ4n) is 1.68. The van der Waals surface area contributed by atoms with E-state index in [0.717, 1.165) is 0 Å². The van der Waals surface area contributed by atoms with Crippen LogP contribution >= 0.6 is 0 Å². The van der Waals surface area contributed by atoms with Gasteiger partial charge < -0.3 is 4.74 Å². The molecule has 1 heterocycles. The number of Topliss-reactive ketones (excluding diaryl/α,β-unsaturated/α-hetero) is 1. The monoisotopic (exact) mass is 190 g/mol. The second-order valence-corrected chi connectivity index (χ2v) is 4.29. The Morgan fingerprint density at radius 3 is 2.64 bits per heavy atom. The minimum Gasteiger partial charge on any atom is -0.486 e. The van der Waals surface area contributed by atoms with Gasteiger partial charge in [-0.2, -0.15) is 0 Å². The molecule has 0 amide bonds. The van der Waals surface area contributed by atoms with Gasteiger partial charge in [-0.3, -0.25) is 4.79 Å². The van der Waals surface area contributed by atoms with Crippen LogP contribution in [0, 0.1) is 5.92 Å². The summed E-state index contributed by atoms with van der Waals surface area (Å²) in [5.41, 5.74) is 0.310. The number of fused-ring (bicyclic) bond motifs is 1. The van der Waals surface area contributed by atoms with E-state index in [1.807, 2.05) is 45.0 Å². The lowest BCUT2D eigenvalue weighted by Crippen LogP contribution is -2.44. The van der Waals surface area contributed by atoms with Crippen molar-refractivity contribution in [2.45, 2.75) is 26.4 Å². The molecular weight excluding hydrogens is 176 g/mol. The van der Waals surface area contributed by atoms with E-state index in [-0.39, 0.29) is 11.7 Å². The average molecular weight is 190 g/mol. The van der Waals surface area contributed by atoms with E-state index in [4.69, 9.17) is 4.74 Å². The van der Waals surface area contributed by atoms with Crippen molar-refractivity contribution in [2.75, 3.05) is 0 Å². The highest BCUT2D eigenvalue weighted by atomic mass is 16.5. The zero-order valence-corrected chi connectivity index (χ0v) is 8.70. The summed E-state index contributed by atoms with van der Waals surface area (Å²) in [5, 5.41) is 0. The number of carbonyl (C=O) groups excluding carboxylic acids is 1. The first kappa shape index (κ1) is 9.25. The average Bonchev–Trinajstić information content (AvgIpc) is 2.14. The van der Waals surface area contributed by atoms with Crippen LogP contribution in [0.4, 0.5) is 0 Å². The summed E-state index contributed by atoms with van der Waals surface area (Å²) in [4.78, 5) is 12.0. The van der Waals surface area contributed by atoms with Gasteiger partial charge in [0.1, 0.15) is 11.4 Å². The Morgan fingerprint density at radius 2 is 1.93 bits per heavy atom. The summed E-state index contributed by atoms with van der Waals surface area (Å²) in [6, 6.07) is 7.42. The summed E-state index contributed by atoms with van der Waals surface area (Å²) in [6.07, 6.45) is 0. The third-order valence-corrected chi connectivity index (χ3v) is 2.96. The highest BCUT2D eigenvalue weighted by Crippen LogP contribution is 2.36. The highest BCUT2D eigenvalue weighted by Gasteiger charge is 2.39. The van der Waals surface area contributed by atoms with E-state index in [0.29, 0.717) is 11.3 Å². The number of rotatable bonds is 0. The van der Waals surface area contributed by atoms with Gasteiger partial charge in [0.05, 0.1) is 11.5 Å². The first-order valence-corrected chi connectivity index (χ1v) is 4.84. The molecule has 1 aliphatic heterocycles. The van der Waals surface area contributed by atoms with Crippen molar-refractivity contribution in [3.63, 3.8) is 0 Å². The van der Waals surface area contributed by atoms with E-state index >= 15 is 0 Å². The van der Waals surface area contributed by atoms with Crippen LogP contribution in [0.25, 0.3) is 0 Å². The molecule has 2 nitrogen and oxygen atoms in total. The van der Waals surface area contributed by atoms with Gasteiger partial charge in [0, 0.05) is 0 Å². The molecule has 0 saturated heterocycles. The maximum Gasteiger partial charge on any atom is 0.173 e. The molecule has 1 aromatic rings. The first-order valence-electron chi connectivity index (χ1n) is 4.84. The van der Waals surface area contributed by atoms with Crippen LogP contribution in [0.1, 0.15) is 31.1 Å². The van der Waals surface area contributed by atoms with Crippen molar-refractivity contribution in [3.8, 4) is 5.75 Å². The third-order valence-electron chi connectivity index (χ3n) is 2.96. The van der Waals surface area contributed by atoms with E-state index < -0.39 is 5.60 Å². The maximum atomic E-state index is 12.0. The van der Waals surface area contributed by atoms with Crippen LogP contribution in [0.15, 0.2) is 24.3 Å². The molecule has 0 N–H and O–H groups in total. The molecule has 0 spiro atoms. The van der Waals surface area contributed by atoms with E-state index in [1.165, 1.54) is 0 Å². The van der Waals surface area contributed by atoms with Crippen molar-refractivity contribution < 1.29 is 9.53 Å². The summed E-state index contributed by atoms with van der Waals surface area (Å²) in [6.45, 7) is 5.81. The zero-order valence-electron chi connectivity index (χ0n) is 8.70. The predicted octanol–water partition coefficient (Wildman–Crippen LogP) is 2.68. The molecule has 1 unspecified atom stereocenters. The largest absolute Gasteiger partial charge is 0.486 e. The molecule has 0 bridgehead atoms. The van der Waals surface area contributed by atoms with Gasteiger partial charge in [0.15, 0.2) is 5.78 Å². The van der Waals surface area contributed by atoms with E-state index in [1.54, 1.807) is 0 Å². The number of benzene rings is 1. The number of hydrogen-bond donors (Lipinski definition) is 0. The van der Waals surface area contributed by atoms with Gasteiger partial charge in [-0.25, -0.2) is 0 Å². The van der Waals surface area contributed by atoms with Gasteiger partial charge >= 0.3 is 0 Å². The number of hydrogen-bond acceptors (Lipinski definition) is 2. The van der Waals surface area contributed by atoms with E-state index in [9.17, 15) is 4.79 Å². The predicted molar refractivity (Wildman–Crippen MR) is 54.6 cm³/mol. The number of ether oxygens (including phenoxy) is 1. The van der Waals surface area contributed by atoms with Crippen LogP contribution in [-0.4, -0.2) is 11.4 Å². The second-order valence-electron chi connectivity index (χ2n) is 4.29. The third kappa shape index (κ3) is 1.22. The van der Waals surface area contributed by atoms with Crippen molar-refractivity contribution >= 4 is 5.78 Å². The van der Waals surface area contributed by atoms with Crippen molar-refractivity contribution in [2.24, 2.45) is 5.92 Å². The molecular formula is C12H14O2. The highest BCUT2D eigenvalue weighted by molar-refractivity contribution is 6.01. The standard InChI is InChI=1S/C12H14O2/c1-8-11(13)9-6-4-5-7-10(9)14-12(8,2)3/h4-8H,1-3H3. The fourth-order valence-corrected chi connectivity index (χ4v) is 1.68. The molecule has 0 radical (unpaired) electrons. The van der Waals surface area contributed by atoms with Gasteiger partial charge in [-0.05, 0) is 26.0 Å². The smallest absolute Gasteiger partial charge is 0.173 e. The number of ketones is 1. The Balaban J connectivity index is 2.54. The number of carbonyl (C=O) groups is 1. The lowest BCUT2D eigenvalue weighted by molar-refractivity contribution is 0.0319. The first-order chi connectivity index (χ1) is 6.52.